The fourth-order valence-corrected chi connectivity index (χ4v) is 2.39. The standard InChI is InChI=1S/C17H24N4/c1-4-16(19-5-2)17-9-8-15(12-20-17)21(3)13-14-7-6-10-18-11-14/h6-12,16,19H,4-5,13H2,1-3H3. The van der Waals surface area contributed by atoms with Crippen LogP contribution < -0.4 is 10.2 Å². The largest absolute Gasteiger partial charge is 0.369 e. The zero-order valence-corrected chi connectivity index (χ0v) is 13.1. The molecule has 0 aromatic carbocycles. The fraction of sp³-hybridized carbons (Fsp3) is 0.412. The van der Waals surface area contributed by atoms with Crippen LogP contribution in [-0.4, -0.2) is 23.6 Å². The van der Waals surface area contributed by atoms with E-state index in [1.54, 1.807) is 6.20 Å². The molecule has 1 unspecified atom stereocenters. The van der Waals surface area contributed by atoms with Crippen LogP contribution in [0.25, 0.3) is 0 Å². The van der Waals surface area contributed by atoms with Crippen molar-refractivity contribution in [3.63, 3.8) is 0 Å². The fourth-order valence-electron chi connectivity index (χ4n) is 2.39. The maximum atomic E-state index is 4.61. The molecular weight excluding hydrogens is 260 g/mol. The lowest BCUT2D eigenvalue weighted by Gasteiger charge is -2.20. The molecule has 0 aliphatic heterocycles. The topological polar surface area (TPSA) is 41.0 Å². The van der Waals surface area contributed by atoms with Crippen LogP contribution in [0.2, 0.25) is 0 Å². The highest BCUT2D eigenvalue weighted by atomic mass is 15.1. The predicted molar refractivity (Wildman–Crippen MR) is 87.3 cm³/mol. The van der Waals surface area contributed by atoms with Crippen molar-refractivity contribution in [2.45, 2.75) is 32.9 Å². The van der Waals surface area contributed by atoms with E-state index >= 15 is 0 Å². The molecule has 0 spiro atoms. The van der Waals surface area contributed by atoms with Crippen LogP contribution >= 0.6 is 0 Å². The minimum Gasteiger partial charge on any atom is -0.369 e. The first-order valence-electron chi connectivity index (χ1n) is 7.54. The monoisotopic (exact) mass is 284 g/mol. The van der Waals surface area contributed by atoms with Crippen molar-refractivity contribution in [2.24, 2.45) is 0 Å². The molecule has 112 valence electrons. The second kappa shape index (κ2) is 7.74. The van der Waals surface area contributed by atoms with Crippen molar-refractivity contribution in [1.82, 2.24) is 15.3 Å². The third-order valence-corrected chi connectivity index (χ3v) is 3.57. The summed E-state index contributed by atoms with van der Waals surface area (Å²) in [5, 5.41) is 3.45. The number of hydrogen-bond acceptors (Lipinski definition) is 4. The Hall–Kier alpha value is -1.94. The third kappa shape index (κ3) is 4.26. The van der Waals surface area contributed by atoms with Crippen LogP contribution in [0.4, 0.5) is 5.69 Å². The van der Waals surface area contributed by atoms with Gasteiger partial charge in [-0.25, -0.2) is 0 Å². The van der Waals surface area contributed by atoms with E-state index in [4.69, 9.17) is 0 Å². The first kappa shape index (κ1) is 15.4. The van der Waals surface area contributed by atoms with Crippen LogP contribution in [-0.2, 0) is 6.54 Å². The summed E-state index contributed by atoms with van der Waals surface area (Å²) in [5.74, 6) is 0. The van der Waals surface area contributed by atoms with Gasteiger partial charge in [0.2, 0.25) is 0 Å². The highest BCUT2D eigenvalue weighted by Crippen LogP contribution is 2.19. The molecule has 2 rings (SSSR count). The summed E-state index contributed by atoms with van der Waals surface area (Å²) in [6.07, 6.45) is 6.69. The van der Waals surface area contributed by atoms with Gasteiger partial charge < -0.3 is 10.2 Å². The van der Waals surface area contributed by atoms with Crippen LogP contribution in [0.1, 0.15) is 37.6 Å². The number of hydrogen-bond donors (Lipinski definition) is 1. The molecule has 1 atom stereocenters. The molecule has 0 aliphatic carbocycles. The molecule has 0 aliphatic rings. The summed E-state index contributed by atoms with van der Waals surface area (Å²) in [6, 6.07) is 8.65. The Morgan fingerprint density at radius 1 is 1.19 bits per heavy atom. The van der Waals surface area contributed by atoms with Gasteiger partial charge in [0.15, 0.2) is 0 Å². The maximum Gasteiger partial charge on any atom is 0.0574 e. The Kier molecular flexibility index (Phi) is 5.69. The SMILES string of the molecule is CCNC(CC)c1ccc(N(C)Cc2cccnc2)cn1. The number of aromatic nitrogens is 2. The average molecular weight is 284 g/mol. The van der Waals surface area contributed by atoms with E-state index in [1.807, 2.05) is 18.5 Å². The summed E-state index contributed by atoms with van der Waals surface area (Å²) >= 11 is 0. The molecular formula is C17H24N4. The Morgan fingerprint density at radius 3 is 2.62 bits per heavy atom. The number of rotatable bonds is 7. The number of nitrogens with one attached hydrogen (secondary N) is 1. The van der Waals surface area contributed by atoms with Gasteiger partial charge in [0, 0.05) is 32.0 Å². The van der Waals surface area contributed by atoms with E-state index in [1.165, 1.54) is 5.56 Å². The molecule has 0 radical (unpaired) electrons. The third-order valence-electron chi connectivity index (χ3n) is 3.57. The Balaban J connectivity index is 2.04. The first-order valence-corrected chi connectivity index (χ1v) is 7.54. The van der Waals surface area contributed by atoms with Gasteiger partial charge in [0.05, 0.1) is 17.6 Å². The second-order valence-corrected chi connectivity index (χ2v) is 5.18. The molecule has 2 aromatic rings. The summed E-state index contributed by atoms with van der Waals surface area (Å²) in [5.41, 5.74) is 3.43. The number of nitrogens with zero attached hydrogens (tertiary/aromatic N) is 3. The van der Waals surface area contributed by atoms with Crippen molar-refractivity contribution in [2.75, 3.05) is 18.5 Å². The minimum absolute atomic E-state index is 0.340. The van der Waals surface area contributed by atoms with E-state index in [0.29, 0.717) is 6.04 Å². The zero-order chi connectivity index (χ0) is 15.1. The molecule has 21 heavy (non-hydrogen) atoms. The average Bonchev–Trinajstić information content (AvgIpc) is 2.54. The summed E-state index contributed by atoms with van der Waals surface area (Å²) in [7, 11) is 2.07. The van der Waals surface area contributed by atoms with Crippen molar-refractivity contribution >= 4 is 5.69 Å². The molecule has 0 saturated heterocycles. The lowest BCUT2D eigenvalue weighted by molar-refractivity contribution is 0.525. The van der Waals surface area contributed by atoms with E-state index in [9.17, 15) is 0 Å². The van der Waals surface area contributed by atoms with Gasteiger partial charge in [-0.3, -0.25) is 9.97 Å². The van der Waals surface area contributed by atoms with E-state index < -0.39 is 0 Å². The van der Waals surface area contributed by atoms with Crippen molar-refractivity contribution < 1.29 is 0 Å². The smallest absolute Gasteiger partial charge is 0.0574 e. The van der Waals surface area contributed by atoms with Crippen molar-refractivity contribution in [3.8, 4) is 0 Å². The number of anilines is 1. The van der Waals surface area contributed by atoms with Crippen molar-refractivity contribution in [1.29, 1.82) is 0 Å². The Labute approximate surface area is 127 Å². The molecule has 0 bridgehead atoms. The lowest BCUT2D eigenvalue weighted by atomic mass is 10.1. The maximum absolute atomic E-state index is 4.61. The van der Waals surface area contributed by atoms with E-state index in [2.05, 4.69) is 59.3 Å². The number of pyridine rings is 2. The predicted octanol–water partition coefficient (Wildman–Crippen LogP) is 3.17. The summed E-state index contributed by atoms with van der Waals surface area (Å²) in [4.78, 5) is 10.9. The minimum atomic E-state index is 0.340. The van der Waals surface area contributed by atoms with Gasteiger partial charge in [-0.05, 0) is 36.7 Å². The highest BCUT2D eigenvalue weighted by molar-refractivity contribution is 5.44. The first-order chi connectivity index (χ1) is 10.2. The Morgan fingerprint density at radius 2 is 2.05 bits per heavy atom. The molecule has 0 fully saturated rings. The van der Waals surface area contributed by atoms with Gasteiger partial charge in [0.1, 0.15) is 0 Å². The van der Waals surface area contributed by atoms with Gasteiger partial charge in [-0.2, -0.15) is 0 Å². The van der Waals surface area contributed by atoms with E-state index in [-0.39, 0.29) is 0 Å². The summed E-state index contributed by atoms with van der Waals surface area (Å²) < 4.78 is 0. The van der Waals surface area contributed by atoms with Crippen LogP contribution in [0, 0.1) is 0 Å². The molecule has 2 heterocycles. The highest BCUT2D eigenvalue weighted by Gasteiger charge is 2.10. The lowest BCUT2D eigenvalue weighted by Crippen LogP contribution is -2.21. The molecule has 0 amide bonds. The summed E-state index contributed by atoms with van der Waals surface area (Å²) in [6.45, 7) is 6.10. The van der Waals surface area contributed by atoms with Crippen molar-refractivity contribution in [3.05, 3.63) is 54.1 Å². The van der Waals surface area contributed by atoms with Gasteiger partial charge in [0.25, 0.3) is 0 Å². The van der Waals surface area contributed by atoms with Crippen LogP contribution in [0.3, 0.4) is 0 Å². The van der Waals surface area contributed by atoms with Crippen LogP contribution in [0.15, 0.2) is 42.9 Å². The van der Waals surface area contributed by atoms with Gasteiger partial charge >= 0.3 is 0 Å². The molecule has 2 aromatic heterocycles. The molecule has 4 nitrogen and oxygen atoms in total. The second-order valence-electron chi connectivity index (χ2n) is 5.18. The Bertz CT molecular complexity index is 524. The van der Waals surface area contributed by atoms with Crippen LogP contribution in [0.5, 0.6) is 0 Å². The molecule has 1 N–H and O–H groups in total. The van der Waals surface area contributed by atoms with Gasteiger partial charge in [-0.1, -0.05) is 19.9 Å². The molecule has 0 saturated carbocycles. The van der Waals surface area contributed by atoms with Gasteiger partial charge in [-0.15, -0.1) is 0 Å². The normalized spacial score (nSPS) is 12.1. The van der Waals surface area contributed by atoms with E-state index in [0.717, 1.165) is 30.9 Å². The quantitative estimate of drug-likeness (QED) is 0.848. The molecule has 4 heteroatoms. The zero-order valence-electron chi connectivity index (χ0n) is 13.1.